The molecule has 358 valence electrons. The Balaban J connectivity index is 4.41. The second kappa shape index (κ2) is 51.0. The Hall–Kier alpha value is -3.67. The Labute approximate surface area is 387 Å². The van der Waals surface area contributed by atoms with E-state index in [2.05, 4.69) is 118 Å². The second-order valence-electron chi connectivity index (χ2n) is 16.7. The highest BCUT2D eigenvalue weighted by molar-refractivity contribution is 5.71. The summed E-state index contributed by atoms with van der Waals surface area (Å²) in [6.45, 7) is 6.42. The smallest absolute Gasteiger partial charge is 0.306 e. The van der Waals surface area contributed by atoms with E-state index in [-0.39, 0.29) is 31.1 Å². The summed E-state index contributed by atoms with van der Waals surface area (Å²) >= 11 is 0. The number of rotatable bonds is 45. The number of allylic oxidation sites excluding steroid dienone is 16. The summed E-state index contributed by atoms with van der Waals surface area (Å²) in [6, 6.07) is 0. The number of carbonyl (C=O) groups excluding carboxylic acids is 3. The van der Waals surface area contributed by atoms with Crippen LogP contribution < -0.4 is 0 Å². The lowest BCUT2D eigenvalue weighted by Gasteiger charge is -2.18. The number of ether oxygens (including phenoxy) is 3. The third kappa shape index (κ3) is 49.2. The van der Waals surface area contributed by atoms with Gasteiger partial charge in [-0.25, -0.2) is 0 Å². The largest absolute Gasteiger partial charge is 0.462 e. The summed E-state index contributed by atoms with van der Waals surface area (Å²) < 4.78 is 16.7. The minimum atomic E-state index is -0.800. The van der Waals surface area contributed by atoms with Gasteiger partial charge >= 0.3 is 17.9 Å². The summed E-state index contributed by atoms with van der Waals surface area (Å²) in [6.07, 6.45) is 66.8. The van der Waals surface area contributed by atoms with Gasteiger partial charge in [0.2, 0.25) is 0 Å². The van der Waals surface area contributed by atoms with Crippen LogP contribution in [0.3, 0.4) is 0 Å². The fourth-order valence-corrected chi connectivity index (χ4v) is 6.71. The summed E-state index contributed by atoms with van der Waals surface area (Å²) in [7, 11) is 0. The zero-order valence-corrected chi connectivity index (χ0v) is 40.8. The minimum Gasteiger partial charge on any atom is -0.462 e. The molecule has 0 saturated carbocycles. The highest BCUT2D eigenvalue weighted by Crippen LogP contribution is 2.13. The Bertz CT molecular complexity index is 1280. The summed E-state index contributed by atoms with van der Waals surface area (Å²) in [5.74, 6) is -0.965. The first-order chi connectivity index (χ1) is 31.0. The standard InChI is InChI=1S/C57H94O6/c1-4-7-10-13-16-19-21-23-25-27-28-29-30-31-33-34-36-38-41-44-47-50-56(59)62-53-54(52-61-55(58)49-46-43-40-18-15-12-9-6-3)63-57(60)51-48-45-42-39-37-35-32-26-24-22-20-17-14-11-8-5-2/h7,10,16,19-20,22-23,25-26,28-29,31-33,36,38,54H,4-6,8-9,11-15,17-18,21,24,27,30,34-35,37,39-53H2,1-3H3/b10-7-,19-16-,22-20-,25-23-,29-28-,32-26-,33-31-,38-36-. The van der Waals surface area contributed by atoms with Crippen LogP contribution >= 0.6 is 0 Å². The van der Waals surface area contributed by atoms with Crippen molar-refractivity contribution in [2.24, 2.45) is 0 Å². The first kappa shape index (κ1) is 59.3. The van der Waals surface area contributed by atoms with E-state index in [0.29, 0.717) is 19.3 Å². The number of unbranched alkanes of at least 4 members (excludes halogenated alkanes) is 18. The van der Waals surface area contributed by atoms with Crippen molar-refractivity contribution in [2.45, 2.75) is 232 Å². The van der Waals surface area contributed by atoms with Crippen LogP contribution in [0, 0.1) is 0 Å². The molecule has 0 heterocycles. The van der Waals surface area contributed by atoms with Crippen molar-refractivity contribution in [1.29, 1.82) is 0 Å². The fourth-order valence-electron chi connectivity index (χ4n) is 6.71. The van der Waals surface area contributed by atoms with Crippen molar-refractivity contribution >= 4 is 17.9 Å². The van der Waals surface area contributed by atoms with Gasteiger partial charge < -0.3 is 14.2 Å². The van der Waals surface area contributed by atoms with Crippen molar-refractivity contribution in [3.05, 3.63) is 97.2 Å². The fraction of sp³-hybridized carbons (Fsp3) is 0.667. The van der Waals surface area contributed by atoms with Crippen molar-refractivity contribution in [2.75, 3.05) is 13.2 Å². The van der Waals surface area contributed by atoms with E-state index >= 15 is 0 Å². The molecule has 0 fully saturated rings. The van der Waals surface area contributed by atoms with Crippen LogP contribution in [0.1, 0.15) is 226 Å². The zero-order chi connectivity index (χ0) is 45.8. The van der Waals surface area contributed by atoms with Crippen LogP contribution in [0.15, 0.2) is 97.2 Å². The Morgan fingerprint density at radius 3 is 1.02 bits per heavy atom. The first-order valence-electron chi connectivity index (χ1n) is 25.7. The van der Waals surface area contributed by atoms with E-state index in [9.17, 15) is 14.4 Å². The van der Waals surface area contributed by atoms with E-state index in [4.69, 9.17) is 14.2 Å². The van der Waals surface area contributed by atoms with Gasteiger partial charge in [0.25, 0.3) is 0 Å². The molecule has 0 N–H and O–H groups in total. The molecule has 0 saturated heterocycles. The molecule has 6 nitrogen and oxygen atoms in total. The molecule has 0 bridgehead atoms. The molecule has 1 atom stereocenters. The molecule has 0 aliphatic carbocycles. The predicted octanol–water partition coefficient (Wildman–Crippen LogP) is 17.0. The molecule has 63 heavy (non-hydrogen) atoms. The molecular weight excluding hydrogens is 781 g/mol. The van der Waals surface area contributed by atoms with E-state index in [1.807, 2.05) is 0 Å². The van der Waals surface area contributed by atoms with Crippen molar-refractivity contribution in [1.82, 2.24) is 0 Å². The molecule has 0 aromatic rings. The number of hydrogen-bond donors (Lipinski definition) is 0. The van der Waals surface area contributed by atoms with Gasteiger partial charge in [0.15, 0.2) is 6.10 Å². The lowest BCUT2D eigenvalue weighted by Crippen LogP contribution is -2.30. The van der Waals surface area contributed by atoms with Gasteiger partial charge in [-0.3, -0.25) is 14.4 Å². The van der Waals surface area contributed by atoms with E-state index in [0.717, 1.165) is 122 Å². The summed E-state index contributed by atoms with van der Waals surface area (Å²) in [5, 5.41) is 0. The molecule has 0 aliphatic rings. The number of hydrogen-bond acceptors (Lipinski definition) is 6. The molecule has 0 radical (unpaired) electrons. The van der Waals surface area contributed by atoms with E-state index < -0.39 is 6.10 Å². The Morgan fingerprint density at radius 1 is 0.333 bits per heavy atom. The van der Waals surface area contributed by atoms with Gasteiger partial charge in [0.1, 0.15) is 13.2 Å². The predicted molar refractivity (Wildman–Crippen MR) is 270 cm³/mol. The zero-order valence-electron chi connectivity index (χ0n) is 40.8. The lowest BCUT2D eigenvalue weighted by molar-refractivity contribution is -0.167. The van der Waals surface area contributed by atoms with Crippen LogP contribution in [-0.2, 0) is 28.6 Å². The quantitative estimate of drug-likeness (QED) is 0.0262. The highest BCUT2D eigenvalue weighted by Gasteiger charge is 2.19. The SMILES string of the molecule is CC/C=C\C/C=C\C/C=C\C/C=C\C/C=C\C/C=C\CCCCC(=O)OCC(COC(=O)CCCCCCCCCC)OC(=O)CCCCCCC/C=C\C/C=C\CCCCCC. The maximum atomic E-state index is 12.8. The highest BCUT2D eigenvalue weighted by atomic mass is 16.6. The van der Waals surface area contributed by atoms with Gasteiger partial charge in [-0.15, -0.1) is 0 Å². The Kier molecular flexibility index (Phi) is 48.0. The van der Waals surface area contributed by atoms with Crippen LogP contribution in [0.5, 0.6) is 0 Å². The molecule has 0 aromatic heterocycles. The molecule has 0 aromatic carbocycles. The van der Waals surface area contributed by atoms with Gasteiger partial charge in [-0.1, -0.05) is 201 Å². The molecule has 0 rings (SSSR count). The van der Waals surface area contributed by atoms with E-state index in [1.165, 1.54) is 64.2 Å². The molecule has 0 aliphatic heterocycles. The van der Waals surface area contributed by atoms with Crippen molar-refractivity contribution in [3.63, 3.8) is 0 Å². The van der Waals surface area contributed by atoms with Crippen molar-refractivity contribution < 1.29 is 28.6 Å². The molecule has 0 spiro atoms. The third-order valence-corrected chi connectivity index (χ3v) is 10.6. The Morgan fingerprint density at radius 2 is 0.619 bits per heavy atom. The average molecular weight is 875 g/mol. The van der Waals surface area contributed by atoms with Gasteiger partial charge in [0, 0.05) is 19.3 Å². The van der Waals surface area contributed by atoms with Crippen LogP contribution in [-0.4, -0.2) is 37.2 Å². The van der Waals surface area contributed by atoms with E-state index in [1.54, 1.807) is 0 Å². The van der Waals surface area contributed by atoms with Crippen LogP contribution in [0.25, 0.3) is 0 Å². The maximum absolute atomic E-state index is 12.8. The monoisotopic (exact) mass is 875 g/mol. The normalized spacial score (nSPS) is 12.9. The number of esters is 3. The van der Waals surface area contributed by atoms with Gasteiger partial charge in [0.05, 0.1) is 0 Å². The molecular formula is C57H94O6. The molecule has 0 amide bonds. The van der Waals surface area contributed by atoms with Gasteiger partial charge in [-0.2, -0.15) is 0 Å². The van der Waals surface area contributed by atoms with Crippen molar-refractivity contribution in [3.8, 4) is 0 Å². The molecule has 6 heteroatoms. The summed E-state index contributed by atoms with van der Waals surface area (Å²) in [5.41, 5.74) is 0. The first-order valence-corrected chi connectivity index (χ1v) is 25.7. The third-order valence-electron chi connectivity index (χ3n) is 10.6. The van der Waals surface area contributed by atoms with Crippen LogP contribution in [0.2, 0.25) is 0 Å². The van der Waals surface area contributed by atoms with Gasteiger partial charge in [-0.05, 0) is 103 Å². The lowest BCUT2D eigenvalue weighted by atomic mass is 10.1. The minimum absolute atomic E-state index is 0.0974. The maximum Gasteiger partial charge on any atom is 0.306 e. The average Bonchev–Trinajstić information content (AvgIpc) is 3.28. The number of carbonyl (C=O) groups is 3. The summed E-state index contributed by atoms with van der Waals surface area (Å²) in [4.78, 5) is 37.8. The van der Waals surface area contributed by atoms with Crippen LogP contribution in [0.4, 0.5) is 0 Å². The topological polar surface area (TPSA) is 78.9 Å². The second-order valence-corrected chi connectivity index (χ2v) is 16.7. The molecule has 1 unspecified atom stereocenters.